The van der Waals surface area contributed by atoms with Crippen LogP contribution in [0, 0.1) is 0 Å². The molecule has 0 fully saturated rings. The van der Waals surface area contributed by atoms with Gasteiger partial charge in [0, 0.05) is 10.8 Å². The van der Waals surface area contributed by atoms with Crippen LogP contribution in [0.25, 0.3) is 10.8 Å². The molecule has 0 saturated carbocycles. The Kier molecular flexibility index (Phi) is 6.83. The Morgan fingerprint density at radius 3 is 1.97 bits per heavy atom. The van der Waals surface area contributed by atoms with Crippen LogP contribution in [0.3, 0.4) is 0 Å². The Morgan fingerprint density at radius 2 is 1.38 bits per heavy atom. The van der Waals surface area contributed by atoms with Gasteiger partial charge in [-0.05, 0) is 53.6 Å². The van der Waals surface area contributed by atoms with Gasteiger partial charge in [-0.25, -0.2) is 19.2 Å². The summed E-state index contributed by atoms with van der Waals surface area (Å²) in [4.78, 5) is 45.9. The van der Waals surface area contributed by atoms with Crippen LogP contribution >= 0.6 is 0 Å². The number of carboxylic acid groups (broad SMARTS) is 4. The molecule has 13 nitrogen and oxygen atoms in total. The lowest BCUT2D eigenvalue weighted by molar-refractivity contribution is -0.135. The Labute approximate surface area is 218 Å². The minimum Gasteiger partial charge on any atom is -0.478 e. The van der Waals surface area contributed by atoms with E-state index in [1.165, 1.54) is 36.4 Å². The van der Waals surface area contributed by atoms with Crippen molar-refractivity contribution >= 4 is 50.5 Å². The van der Waals surface area contributed by atoms with Crippen molar-refractivity contribution in [3.05, 3.63) is 99.0 Å². The molecular formula is C25H16N2O11S. The summed E-state index contributed by atoms with van der Waals surface area (Å²) >= 11 is 0. The van der Waals surface area contributed by atoms with Crippen LogP contribution in [0.1, 0.15) is 20.7 Å². The van der Waals surface area contributed by atoms with E-state index in [0.717, 1.165) is 24.3 Å². The quantitative estimate of drug-likeness (QED) is 0.247. The third-order valence-electron chi connectivity index (χ3n) is 5.81. The largest absolute Gasteiger partial charge is 0.478 e. The van der Waals surface area contributed by atoms with Crippen molar-refractivity contribution in [2.45, 2.75) is 6.04 Å². The molecule has 5 N–H and O–H groups in total. The van der Waals surface area contributed by atoms with Gasteiger partial charge < -0.3 is 20.4 Å². The zero-order valence-electron chi connectivity index (χ0n) is 19.3. The number of rotatable bonds is 7. The number of aromatic carboxylic acids is 2. The number of allylic oxidation sites excluding steroid dienone is 4. The lowest BCUT2D eigenvalue weighted by atomic mass is 9.96. The van der Waals surface area contributed by atoms with E-state index in [4.69, 9.17) is 0 Å². The number of azo groups is 1. The molecule has 2 aliphatic rings. The number of carboxylic acids is 4. The summed E-state index contributed by atoms with van der Waals surface area (Å²) < 4.78 is 34.2. The Morgan fingerprint density at radius 1 is 0.744 bits per heavy atom. The highest BCUT2D eigenvalue weighted by atomic mass is 32.2. The van der Waals surface area contributed by atoms with E-state index in [0.29, 0.717) is 0 Å². The molecule has 0 spiro atoms. The summed E-state index contributed by atoms with van der Waals surface area (Å²) in [6.45, 7) is 0. The average molecular weight is 552 g/mol. The summed E-state index contributed by atoms with van der Waals surface area (Å²) in [5.41, 5.74) is -1.66. The highest BCUT2D eigenvalue weighted by Gasteiger charge is 2.30. The molecule has 0 saturated heterocycles. The fraction of sp³-hybridized carbons (Fsp3) is 0.0400. The Balaban J connectivity index is 1.87. The monoisotopic (exact) mass is 552 g/mol. The number of hydrogen-bond donors (Lipinski definition) is 5. The third kappa shape index (κ3) is 5.14. The molecule has 0 heterocycles. The van der Waals surface area contributed by atoms with Crippen molar-refractivity contribution < 1.29 is 52.6 Å². The first-order valence-electron chi connectivity index (χ1n) is 10.7. The third-order valence-corrected chi connectivity index (χ3v) is 6.76. The number of fused-ring (bicyclic) bond motifs is 2. The number of nitrogens with zero attached hydrogens (tertiary/aromatic N) is 2. The zero-order valence-corrected chi connectivity index (χ0v) is 20.2. The maximum absolute atomic E-state index is 12.2. The Bertz CT molecular complexity index is 1770. The summed E-state index contributed by atoms with van der Waals surface area (Å²) in [6, 6.07) is 4.87. The minimum absolute atomic E-state index is 0.00747. The van der Waals surface area contributed by atoms with E-state index < -0.39 is 56.1 Å². The van der Waals surface area contributed by atoms with Crippen molar-refractivity contribution in [2.24, 2.45) is 10.2 Å². The fourth-order valence-corrected chi connectivity index (χ4v) is 4.78. The topological polar surface area (TPSA) is 228 Å². The van der Waals surface area contributed by atoms with Gasteiger partial charge in [0.25, 0.3) is 10.1 Å². The van der Waals surface area contributed by atoms with Gasteiger partial charge in [-0.2, -0.15) is 18.6 Å². The van der Waals surface area contributed by atoms with E-state index in [-0.39, 0.29) is 38.7 Å². The molecular weight excluding hydrogens is 536 g/mol. The lowest BCUT2D eigenvalue weighted by Gasteiger charge is -2.18. The molecule has 0 radical (unpaired) electrons. The normalized spacial score (nSPS) is 17.3. The number of hydrogen-bond acceptors (Lipinski definition) is 8. The second-order valence-corrected chi connectivity index (χ2v) is 9.57. The first-order chi connectivity index (χ1) is 18.3. The van der Waals surface area contributed by atoms with Crippen molar-refractivity contribution in [1.82, 2.24) is 0 Å². The molecule has 198 valence electrons. The van der Waals surface area contributed by atoms with Gasteiger partial charge in [0.1, 0.15) is 10.9 Å². The van der Waals surface area contributed by atoms with Gasteiger partial charge in [0.05, 0.1) is 28.0 Å². The standard InChI is InChI=1S/C25H16N2O11S/c28-22(29)13-5-4-11-9-19(20(39(36,37)38)10-12(11)8-17(13)25(34)35)27-26-18-7-6-16(24(32)33)21-14(18)2-1-3-15(21)23(30)31/h1-10,19H,(H,28,29)(H,30,31)(H,32,33)(H,34,35)(H,36,37,38). The highest BCUT2D eigenvalue weighted by molar-refractivity contribution is 7.89. The lowest BCUT2D eigenvalue weighted by Crippen LogP contribution is -2.18. The van der Waals surface area contributed by atoms with Gasteiger partial charge in [-0.3, -0.25) is 4.55 Å². The van der Waals surface area contributed by atoms with Gasteiger partial charge in [-0.1, -0.05) is 18.2 Å². The van der Waals surface area contributed by atoms with E-state index >= 15 is 0 Å². The first kappa shape index (κ1) is 26.8. The molecule has 2 aromatic rings. The predicted octanol–water partition coefficient (Wildman–Crippen LogP) is 3.36. The molecule has 0 amide bonds. The van der Waals surface area contributed by atoms with E-state index in [9.17, 15) is 52.6 Å². The molecule has 1 atom stereocenters. The van der Waals surface area contributed by atoms with Crippen LogP contribution in [-0.2, 0) is 19.7 Å². The fourth-order valence-electron chi connectivity index (χ4n) is 4.08. The molecule has 0 bridgehead atoms. The smallest absolute Gasteiger partial charge is 0.336 e. The molecule has 14 heteroatoms. The molecule has 2 aliphatic carbocycles. The second kappa shape index (κ2) is 9.92. The molecule has 0 aliphatic heterocycles. The van der Waals surface area contributed by atoms with Gasteiger partial charge >= 0.3 is 23.9 Å². The molecule has 0 aromatic heterocycles. The highest BCUT2D eigenvalue weighted by Crippen LogP contribution is 2.35. The van der Waals surface area contributed by atoms with E-state index in [1.54, 1.807) is 0 Å². The summed E-state index contributed by atoms with van der Waals surface area (Å²) in [5.74, 6) is -5.89. The van der Waals surface area contributed by atoms with Crippen LogP contribution in [0.15, 0.2) is 98.1 Å². The van der Waals surface area contributed by atoms with Crippen LogP contribution < -0.4 is 0 Å². The van der Waals surface area contributed by atoms with E-state index in [1.807, 2.05) is 0 Å². The number of carbonyl (C=O) groups is 4. The van der Waals surface area contributed by atoms with Crippen LogP contribution in [0.4, 0.5) is 5.69 Å². The summed E-state index contributed by atoms with van der Waals surface area (Å²) in [6.07, 6.45) is 5.34. The molecule has 4 rings (SSSR count). The van der Waals surface area contributed by atoms with E-state index in [2.05, 4.69) is 10.2 Å². The maximum atomic E-state index is 12.2. The Hall–Kier alpha value is -5.21. The van der Waals surface area contributed by atoms with Crippen LogP contribution in [-0.4, -0.2) is 63.3 Å². The van der Waals surface area contributed by atoms with Gasteiger partial charge in [-0.15, -0.1) is 0 Å². The SMILES string of the molecule is O=C(O)C1=C(C(=O)O)C=C2C=C(S(=O)(=O)O)C(N=Nc3ccc(C(=O)O)c4c(C(=O)O)cccc34)C=C2C=C1. The predicted molar refractivity (Wildman–Crippen MR) is 133 cm³/mol. The number of benzene rings is 2. The van der Waals surface area contributed by atoms with Crippen molar-refractivity contribution in [3.8, 4) is 0 Å². The van der Waals surface area contributed by atoms with Gasteiger partial charge in [0.2, 0.25) is 0 Å². The average Bonchev–Trinajstić information content (AvgIpc) is 3.05. The van der Waals surface area contributed by atoms with Crippen molar-refractivity contribution in [3.63, 3.8) is 0 Å². The minimum atomic E-state index is -4.93. The molecule has 39 heavy (non-hydrogen) atoms. The molecule has 1 unspecified atom stereocenters. The van der Waals surface area contributed by atoms with Crippen LogP contribution in [0.2, 0.25) is 0 Å². The summed E-state index contributed by atoms with van der Waals surface area (Å²) in [5, 5.41) is 45.8. The second-order valence-electron chi connectivity index (χ2n) is 8.15. The first-order valence-corrected chi connectivity index (χ1v) is 12.2. The van der Waals surface area contributed by atoms with Gasteiger partial charge in [0.15, 0.2) is 0 Å². The summed E-state index contributed by atoms with van der Waals surface area (Å²) in [7, 11) is -4.93. The van der Waals surface area contributed by atoms with Crippen molar-refractivity contribution in [1.29, 1.82) is 0 Å². The maximum Gasteiger partial charge on any atom is 0.336 e. The number of aliphatic carboxylic acids is 2. The van der Waals surface area contributed by atoms with Crippen LogP contribution in [0.5, 0.6) is 0 Å². The molecule has 2 aromatic carbocycles. The van der Waals surface area contributed by atoms with Crippen molar-refractivity contribution in [2.75, 3.05) is 0 Å². The zero-order chi connectivity index (χ0) is 28.6.